The van der Waals surface area contributed by atoms with Crippen molar-refractivity contribution in [3.63, 3.8) is 0 Å². The number of anilines is 2. The summed E-state index contributed by atoms with van der Waals surface area (Å²) in [7, 11) is 0. The molecule has 0 saturated heterocycles. The fourth-order valence-corrected chi connectivity index (χ4v) is 2.28. The van der Waals surface area contributed by atoms with Crippen LogP contribution in [0.1, 0.15) is 10.5 Å². The third kappa shape index (κ3) is 2.66. The smallest absolute Gasteiger partial charge is 0.354 e. The Kier molecular flexibility index (Phi) is 3.46. The largest absolute Gasteiger partial charge is 0.477 e. The molecule has 0 amide bonds. The predicted molar refractivity (Wildman–Crippen MR) is 83.4 cm³/mol. The van der Waals surface area contributed by atoms with Gasteiger partial charge in [-0.2, -0.15) is 0 Å². The normalized spacial score (nSPS) is 10.5. The van der Waals surface area contributed by atoms with Gasteiger partial charge in [0.05, 0.1) is 21.9 Å². The molecule has 21 heavy (non-hydrogen) atoms. The van der Waals surface area contributed by atoms with Crippen LogP contribution >= 0.6 is 11.6 Å². The summed E-state index contributed by atoms with van der Waals surface area (Å²) < 4.78 is 0. The quantitative estimate of drug-likeness (QED) is 0.755. The maximum absolute atomic E-state index is 11.2. The number of aromatic carboxylic acids is 1. The number of benzene rings is 2. The molecule has 0 aliphatic rings. The lowest BCUT2D eigenvalue weighted by atomic mass is 10.1. The second-order valence-corrected chi connectivity index (χ2v) is 4.89. The summed E-state index contributed by atoms with van der Waals surface area (Å²) in [5, 5.41) is 13.7. The highest BCUT2D eigenvalue weighted by Gasteiger charge is 2.11. The van der Waals surface area contributed by atoms with Crippen LogP contribution < -0.4 is 5.32 Å². The molecule has 1 heterocycles. The van der Waals surface area contributed by atoms with Gasteiger partial charge in [-0.3, -0.25) is 0 Å². The number of rotatable bonds is 3. The van der Waals surface area contributed by atoms with Gasteiger partial charge in [0.2, 0.25) is 0 Å². The van der Waals surface area contributed by atoms with E-state index in [9.17, 15) is 9.90 Å². The van der Waals surface area contributed by atoms with Crippen molar-refractivity contribution in [2.24, 2.45) is 0 Å². The Balaban J connectivity index is 2.16. The first-order valence-electron chi connectivity index (χ1n) is 6.30. The van der Waals surface area contributed by atoms with E-state index in [1.807, 2.05) is 36.4 Å². The van der Waals surface area contributed by atoms with E-state index in [4.69, 9.17) is 11.6 Å². The Labute approximate surface area is 126 Å². The number of aromatic nitrogens is 1. The summed E-state index contributed by atoms with van der Waals surface area (Å²) >= 11 is 6.13. The molecule has 2 N–H and O–H groups in total. The topological polar surface area (TPSA) is 62.2 Å². The number of hydrogen-bond donors (Lipinski definition) is 2. The number of carboxylic acids is 1. The summed E-state index contributed by atoms with van der Waals surface area (Å²) in [6.07, 6.45) is 0. The molecule has 0 saturated carbocycles. The second kappa shape index (κ2) is 5.42. The van der Waals surface area contributed by atoms with E-state index in [0.29, 0.717) is 21.9 Å². The minimum Gasteiger partial charge on any atom is -0.477 e. The Morgan fingerprint density at radius 2 is 1.76 bits per heavy atom. The molecule has 5 heteroatoms. The molecule has 0 bridgehead atoms. The van der Waals surface area contributed by atoms with Gasteiger partial charge in [-0.15, -0.1) is 0 Å². The fraction of sp³-hybridized carbons (Fsp3) is 0. The number of halogens is 1. The van der Waals surface area contributed by atoms with Gasteiger partial charge in [0.1, 0.15) is 0 Å². The van der Waals surface area contributed by atoms with Crippen LogP contribution in [0.25, 0.3) is 10.9 Å². The van der Waals surface area contributed by atoms with E-state index in [0.717, 1.165) is 5.39 Å². The van der Waals surface area contributed by atoms with Gasteiger partial charge in [0.25, 0.3) is 0 Å². The first kappa shape index (κ1) is 13.4. The molecular weight excluding hydrogens is 288 g/mol. The third-order valence-electron chi connectivity index (χ3n) is 3.08. The van der Waals surface area contributed by atoms with Crippen LogP contribution in [-0.4, -0.2) is 16.1 Å². The molecule has 3 aromatic rings. The molecule has 3 rings (SSSR count). The molecule has 0 fully saturated rings. The molecular formula is C16H11ClN2O2. The van der Waals surface area contributed by atoms with E-state index in [1.54, 1.807) is 12.1 Å². The fourth-order valence-electron chi connectivity index (χ4n) is 2.10. The maximum atomic E-state index is 11.2. The number of carboxylic acid groups (broad SMARTS) is 1. The lowest BCUT2D eigenvalue weighted by Gasteiger charge is -2.11. The highest BCUT2D eigenvalue weighted by atomic mass is 35.5. The van der Waals surface area contributed by atoms with Crippen molar-refractivity contribution < 1.29 is 9.90 Å². The van der Waals surface area contributed by atoms with Crippen molar-refractivity contribution >= 4 is 39.8 Å². The Morgan fingerprint density at radius 1 is 1.05 bits per heavy atom. The van der Waals surface area contributed by atoms with Gasteiger partial charge in [-0.1, -0.05) is 41.9 Å². The molecule has 0 atom stereocenters. The summed E-state index contributed by atoms with van der Waals surface area (Å²) in [5.74, 6) is -1.07. The van der Waals surface area contributed by atoms with Crippen LogP contribution in [0.2, 0.25) is 5.02 Å². The first-order chi connectivity index (χ1) is 10.1. The van der Waals surface area contributed by atoms with Gasteiger partial charge in [-0.05, 0) is 24.3 Å². The number of carbonyl (C=O) groups is 1. The number of fused-ring (bicyclic) bond motifs is 1. The zero-order valence-corrected chi connectivity index (χ0v) is 11.6. The second-order valence-electron chi connectivity index (χ2n) is 4.48. The van der Waals surface area contributed by atoms with Crippen molar-refractivity contribution in [2.75, 3.05) is 5.32 Å². The van der Waals surface area contributed by atoms with Crippen LogP contribution in [-0.2, 0) is 0 Å². The molecule has 0 radical (unpaired) electrons. The summed E-state index contributed by atoms with van der Waals surface area (Å²) in [4.78, 5) is 15.3. The minimum atomic E-state index is -1.07. The predicted octanol–water partition coefficient (Wildman–Crippen LogP) is 4.33. The molecule has 0 unspecified atom stereocenters. The summed E-state index contributed by atoms with van der Waals surface area (Å²) in [5.41, 5.74) is 1.98. The average Bonchev–Trinajstić information content (AvgIpc) is 2.49. The zero-order valence-electron chi connectivity index (χ0n) is 10.9. The number of para-hydroxylation sites is 2. The molecule has 2 aromatic carbocycles. The van der Waals surface area contributed by atoms with Crippen LogP contribution in [0, 0.1) is 0 Å². The van der Waals surface area contributed by atoms with Gasteiger partial charge >= 0.3 is 5.97 Å². The highest BCUT2D eigenvalue weighted by molar-refractivity contribution is 6.33. The number of nitrogens with zero attached hydrogens (tertiary/aromatic N) is 1. The van der Waals surface area contributed by atoms with Crippen LogP contribution in [0.5, 0.6) is 0 Å². The standard InChI is InChI=1S/C16H11ClN2O2/c17-11-6-2-4-8-13(11)19-14-9-15(16(20)21)18-12-7-3-1-5-10(12)14/h1-9H,(H,18,19)(H,20,21). The molecule has 4 nitrogen and oxygen atoms in total. The lowest BCUT2D eigenvalue weighted by Crippen LogP contribution is -2.03. The van der Waals surface area contributed by atoms with E-state index in [-0.39, 0.29) is 5.69 Å². The summed E-state index contributed by atoms with van der Waals surface area (Å²) in [6, 6.07) is 16.2. The van der Waals surface area contributed by atoms with Gasteiger partial charge in [0, 0.05) is 5.39 Å². The number of hydrogen-bond acceptors (Lipinski definition) is 3. The zero-order chi connectivity index (χ0) is 14.8. The molecule has 0 aliphatic heterocycles. The van der Waals surface area contributed by atoms with Crippen molar-refractivity contribution in [3.05, 3.63) is 65.3 Å². The Bertz CT molecular complexity index is 833. The lowest BCUT2D eigenvalue weighted by molar-refractivity contribution is 0.0691. The average molecular weight is 299 g/mol. The van der Waals surface area contributed by atoms with Gasteiger partial charge < -0.3 is 10.4 Å². The Hall–Kier alpha value is -2.59. The molecule has 0 spiro atoms. The van der Waals surface area contributed by atoms with Crippen molar-refractivity contribution in [3.8, 4) is 0 Å². The molecule has 1 aromatic heterocycles. The molecule has 0 aliphatic carbocycles. The van der Waals surface area contributed by atoms with Crippen molar-refractivity contribution in [1.82, 2.24) is 4.98 Å². The van der Waals surface area contributed by atoms with Crippen LogP contribution in [0.15, 0.2) is 54.6 Å². The van der Waals surface area contributed by atoms with E-state index in [1.165, 1.54) is 6.07 Å². The first-order valence-corrected chi connectivity index (χ1v) is 6.67. The minimum absolute atomic E-state index is 0.0109. The van der Waals surface area contributed by atoms with Gasteiger partial charge in [0.15, 0.2) is 5.69 Å². The van der Waals surface area contributed by atoms with Crippen molar-refractivity contribution in [2.45, 2.75) is 0 Å². The molecule has 104 valence electrons. The summed E-state index contributed by atoms with van der Waals surface area (Å²) in [6.45, 7) is 0. The SMILES string of the molecule is O=C(O)c1cc(Nc2ccccc2Cl)c2ccccc2n1. The van der Waals surface area contributed by atoms with Crippen LogP contribution in [0.3, 0.4) is 0 Å². The third-order valence-corrected chi connectivity index (χ3v) is 3.41. The van der Waals surface area contributed by atoms with Crippen molar-refractivity contribution in [1.29, 1.82) is 0 Å². The number of pyridine rings is 1. The van der Waals surface area contributed by atoms with Gasteiger partial charge in [-0.25, -0.2) is 9.78 Å². The van der Waals surface area contributed by atoms with E-state index >= 15 is 0 Å². The highest BCUT2D eigenvalue weighted by Crippen LogP contribution is 2.29. The maximum Gasteiger partial charge on any atom is 0.354 e. The van der Waals surface area contributed by atoms with E-state index < -0.39 is 5.97 Å². The Morgan fingerprint density at radius 3 is 2.52 bits per heavy atom. The monoisotopic (exact) mass is 298 g/mol. The van der Waals surface area contributed by atoms with E-state index in [2.05, 4.69) is 10.3 Å². The van der Waals surface area contributed by atoms with Crippen LogP contribution in [0.4, 0.5) is 11.4 Å². The number of nitrogens with one attached hydrogen (secondary N) is 1.